The largest absolute Gasteiger partial charge is 0.443 e. The van der Waals surface area contributed by atoms with Crippen molar-refractivity contribution in [3.05, 3.63) is 23.4 Å². The van der Waals surface area contributed by atoms with Gasteiger partial charge < -0.3 is 4.74 Å². The molecular weight excluding hydrogens is 326 g/mol. The maximum Gasteiger partial charge on any atom is 0.421 e. The molecule has 0 N–H and O–H groups in total. The number of hydrogen-bond acceptors (Lipinski definition) is 4. The molecule has 1 aliphatic heterocycles. The van der Waals surface area contributed by atoms with E-state index < -0.39 is 29.3 Å². The number of allylic oxidation sites excluding steroid dienone is 4. The molecule has 2 aliphatic rings. The van der Waals surface area contributed by atoms with E-state index in [0.29, 0.717) is 17.4 Å². The highest BCUT2D eigenvalue weighted by Crippen LogP contribution is 2.36. The Morgan fingerprint density at radius 2 is 2.05 bits per heavy atom. The number of nitrogens with zero attached hydrogens (tertiary/aromatic N) is 1. The summed E-state index contributed by atoms with van der Waals surface area (Å²) >= 11 is 3.33. The van der Waals surface area contributed by atoms with Crippen molar-refractivity contribution in [2.45, 2.75) is 32.8 Å². The summed E-state index contributed by atoms with van der Waals surface area (Å²) < 4.78 is 5.19. The fraction of sp³-hybridized carbons (Fsp3) is 0.500. The highest BCUT2D eigenvalue weighted by Gasteiger charge is 2.48. The van der Waals surface area contributed by atoms with Gasteiger partial charge in [0.25, 0.3) is 0 Å². The summed E-state index contributed by atoms with van der Waals surface area (Å²) in [4.78, 5) is 36.9. The number of alkyl halides is 1. The van der Waals surface area contributed by atoms with Gasteiger partial charge in [-0.1, -0.05) is 27.6 Å². The van der Waals surface area contributed by atoms with Crippen LogP contribution in [0.25, 0.3) is 0 Å². The Morgan fingerprint density at radius 1 is 1.40 bits per heavy atom. The number of amides is 2. The summed E-state index contributed by atoms with van der Waals surface area (Å²) in [7, 11) is 0. The molecule has 2 amide bonds. The number of fused-ring (bicyclic) bond motifs is 1. The van der Waals surface area contributed by atoms with Crippen molar-refractivity contribution in [1.29, 1.82) is 0 Å². The number of carbonyl (C=O) groups excluding carboxylic acids is 3. The van der Waals surface area contributed by atoms with Crippen molar-refractivity contribution >= 4 is 33.7 Å². The first-order chi connectivity index (χ1) is 9.24. The first kappa shape index (κ1) is 15.0. The molecule has 6 heteroatoms. The molecule has 0 aromatic heterocycles. The molecule has 108 valence electrons. The molecule has 0 aromatic rings. The van der Waals surface area contributed by atoms with Crippen LogP contribution in [0.15, 0.2) is 23.4 Å². The van der Waals surface area contributed by atoms with Crippen LogP contribution in [-0.4, -0.2) is 33.6 Å². The SMILES string of the molecule is CC(C)(C)OC(=O)N1C(=O)C(=O)C2CC(CBr)=CC=C21. The molecular formula is C14H16BrNO4. The lowest BCUT2D eigenvalue weighted by molar-refractivity contribution is -0.140. The minimum Gasteiger partial charge on any atom is -0.443 e. The Kier molecular flexibility index (Phi) is 3.86. The predicted molar refractivity (Wildman–Crippen MR) is 76.2 cm³/mol. The summed E-state index contributed by atoms with van der Waals surface area (Å²) in [5, 5.41) is 0.640. The summed E-state index contributed by atoms with van der Waals surface area (Å²) in [5.41, 5.74) is 0.717. The van der Waals surface area contributed by atoms with E-state index in [1.165, 1.54) is 0 Å². The van der Waals surface area contributed by atoms with Gasteiger partial charge in [0.05, 0.1) is 5.92 Å². The minimum absolute atomic E-state index is 0.416. The van der Waals surface area contributed by atoms with E-state index in [1.54, 1.807) is 26.8 Å². The molecule has 0 saturated carbocycles. The lowest BCUT2D eigenvalue weighted by Gasteiger charge is -2.25. The number of carbonyl (C=O) groups is 3. The van der Waals surface area contributed by atoms with Gasteiger partial charge in [-0.05, 0) is 33.3 Å². The number of imide groups is 1. The molecule has 1 atom stereocenters. The second-order valence-corrected chi connectivity index (χ2v) is 6.35. The van der Waals surface area contributed by atoms with Crippen molar-refractivity contribution in [2.75, 3.05) is 5.33 Å². The van der Waals surface area contributed by atoms with Gasteiger partial charge in [0, 0.05) is 11.0 Å². The highest BCUT2D eigenvalue weighted by atomic mass is 79.9. The Balaban J connectivity index is 2.31. The topological polar surface area (TPSA) is 63.7 Å². The zero-order valence-corrected chi connectivity index (χ0v) is 13.2. The van der Waals surface area contributed by atoms with Crippen molar-refractivity contribution in [1.82, 2.24) is 4.90 Å². The molecule has 0 spiro atoms. The monoisotopic (exact) mass is 341 g/mol. The van der Waals surface area contributed by atoms with E-state index in [0.717, 1.165) is 10.5 Å². The van der Waals surface area contributed by atoms with Crippen LogP contribution in [0.3, 0.4) is 0 Å². The van der Waals surface area contributed by atoms with Crippen LogP contribution in [0.2, 0.25) is 0 Å². The Labute approximate surface area is 125 Å². The lowest BCUT2D eigenvalue weighted by Crippen LogP contribution is -2.38. The number of rotatable bonds is 1. The second kappa shape index (κ2) is 5.16. The van der Waals surface area contributed by atoms with E-state index in [4.69, 9.17) is 4.74 Å². The average molecular weight is 342 g/mol. The zero-order valence-electron chi connectivity index (χ0n) is 11.6. The Morgan fingerprint density at radius 3 is 2.60 bits per heavy atom. The summed E-state index contributed by atoms with van der Waals surface area (Å²) in [6.07, 6.45) is 3.14. The van der Waals surface area contributed by atoms with Gasteiger partial charge in [-0.3, -0.25) is 9.59 Å². The number of likely N-dealkylation sites (tertiary alicyclic amines) is 1. The molecule has 0 aromatic carbocycles. The minimum atomic E-state index is -0.806. The molecule has 1 fully saturated rings. The predicted octanol–water partition coefficient (Wildman–Crippen LogP) is 2.56. The number of ether oxygens (including phenoxy) is 1. The van der Waals surface area contributed by atoms with Crippen molar-refractivity contribution < 1.29 is 19.1 Å². The molecule has 0 radical (unpaired) electrons. The summed E-state index contributed by atoms with van der Waals surface area (Å²) in [5.74, 6) is -1.92. The van der Waals surface area contributed by atoms with Crippen molar-refractivity contribution in [3.63, 3.8) is 0 Å². The first-order valence-corrected chi connectivity index (χ1v) is 7.43. The van der Waals surface area contributed by atoms with E-state index in [1.807, 2.05) is 6.08 Å². The van der Waals surface area contributed by atoms with Crippen LogP contribution < -0.4 is 0 Å². The fourth-order valence-corrected chi connectivity index (χ4v) is 2.60. The van der Waals surface area contributed by atoms with Crippen molar-refractivity contribution in [3.8, 4) is 0 Å². The smallest absolute Gasteiger partial charge is 0.421 e. The molecule has 0 bridgehead atoms. The molecule has 1 unspecified atom stereocenters. The number of Topliss-reactive ketones (excluding diaryl/α,β-unsaturated/α-hetero) is 1. The molecule has 1 aliphatic carbocycles. The average Bonchev–Trinajstić information content (AvgIpc) is 2.59. The van der Waals surface area contributed by atoms with Gasteiger partial charge in [-0.15, -0.1) is 0 Å². The standard InChI is InChI=1S/C14H16BrNO4/c1-14(2,3)20-13(19)16-10-5-4-8(7-15)6-9(10)11(17)12(16)18/h4-5,9H,6-7H2,1-3H3. The fourth-order valence-electron chi connectivity index (χ4n) is 2.18. The van der Waals surface area contributed by atoms with Crippen LogP contribution in [0, 0.1) is 5.92 Å². The number of halogens is 1. The Bertz CT molecular complexity index is 542. The van der Waals surface area contributed by atoms with Crippen LogP contribution in [-0.2, 0) is 14.3 Å². The van der Waals surface area contributed by atoms with Crippen LogP contribution in [0.1, 0.15) is 27.2 Å². The summed E-state index contributed by atoms with van der Waals surface area (Å²) in [6.45, 7) is 5.13. The first-order valence-electron chi connectivity index (χ1n) is 6.31. The van der Waals surface area contributed by atoms with Crippen molar-refractivity contribution in [2.24, 2.45) is 5.92 Å². The molecule has 5 nitrogen and oxygen atoms in total. The summed E-state index contributed by atoms with van der Waals surface area (Å²) in [6, 6.07) is 0. The number of ketones is 1. The van der Waals surface area contributed by atoms with E-state index in [9.17, 15) is 14.4 Å². The third-order valence-corrected chi connectivity index (χ3v) is 3.77. The van der Waals surface area contributed by atoms with Gasteiger partial charge in [-0.25, -0.2) is 9.69 Å². The third kappa shape index (κ3) is 2.70. The van der Waals surface area contributed by atoms with Gasteiger partial charge in [0.15, 0.2) is 0 Å². The lowest BCUT2D eigenvalue weighted by atomic mass is 9.91. The van der Waals surface area contributed by atoms with Crippen LogP contribution >= 0.6 is 15.9 Å². The molecule has 1 heterocycles. The van der Waals surface area contributed by atoms with E-state index in [-0.39, 0.29) is 0 Å². The number of hydrogen-bond donors (Lipinski definition) is 0. The molecule has 20 heavy (non-hydrogen) atoms. The van der Waals surface area contributed by atoms with Gasteiger partial charge >= 0.3 is 12.0 Å². The second-order valence-electron chi connectivity index (χ2n) is 5.79. The van der Waals surface area contributed by atoms with E-state index in [2.05, 4.69) is 15.9 Å². The molecule has 2 rings (SSSR count). The maximum atomic E-state index is 12.1. The maximum absolute atomic E-state index is 12.1. The van der Waals surface area contributed by atoms with E-state index >= 15 is 0 Å². The van der Waals surface area contributed by atoms with Gasteiger partial charge in [0.1, 0.15) is 5.60 Å². The molecule has 1 saturated heterocycles. The highest BCUT2D eigenvalue weighted by molar-refractivity contribution is 9.09. The zero-order chi connectivity index (χ0) is 15.1. The normalized spacial score (nSPS) is 22.4. The van der Waals surface area contributed by atoms with Crippen LogP contribution in [0.4, 0.5) is 4.79 Å². The van der Waals surface area contributed by atoms with Gasteiger partial charge in [-0.2, -0.15) is 0 Å². The van der Waals surface area contributed by atoms with Gasteiger partial charge in [0.2, 0.25) is 5.78 Å². The third-order valence-electron chi connectivity index (χ3n) is 3.05. The van der Waals surface area contributed by atoms with Crippen LogP contribution in [0.5, 0.6) is 0 Å². The Hall–Kier alpha value is -1.43. The quantitative estimate of drug-likeness (QED) is 0.543.